The van der Waals surface area contributed by atoms with Gasteiger partial charge >= 0.3 is 0 Å². The second kappa shape index (κ2) is 11.5. The number of amides is 1. The molecule has 8 nitrogen and oxygen atoms in total. The normalized spacial score (nSPS) is 11.4. The van der Waals surface area contributed by atoms with Crippen molar-refractivity contribution in [1.29, 1.82) is 0 Å². The van der Waals surface area contributed by atoms with Crippen LogP contribution in [0.1, 0.15) is 11.1 Å². The molecule has 0 radical (unpaired) electrons. The number of nitrogens with one attached hydrogen (secondary N) is 1. The molecule has 4 rings (SSSR count). The molecule has 0 spiro atoms. The summed E-state index contributed by atoms with van der Waals surface area (Å²) in [7, 11) is -4.09. The average Bonchev–Trinajstić information content (AvgIpc) is 2.91. The van der Waals surface area contributed by atoms with Crippen LogP contribution in [0.4, 0.5) is 5.69 Å². The number of fused-ring (bicyclic) bond motifs is 1. The van der Waals surface area contributed by atoms with Gasteiger partial charge in [-0.2, -0.15) is 5.10 Å². The number of rotatable bonds is 10. The molecule has 0 unspecified atom stereocenters. The number of hydrogen-bond donors (Lipinski definition) is 1. The Morgan fingerprint density at radius 3 is 2.62 bits per heavy atom. The van der Waals surface area contributed by atoms with E-state index < -0.39 is 22.5 Å². The van der Waals surface area contributed by atoms with E-state index in [1.807, 2.05) is 19.1 Å². The average molecular weight is 515 g/mol. The lowest BCUT2D eigenvalue weighted by Gasteiger charge is -2.24. The van der Waals surface area contributed by atoms with E-state index in [0.29, 0.717) is 29.1 Å². The Balaban J connectivity index is 1.61. The van der Waals surface area contributed by atoms with E-state index in [4.69, 9.17) is 4.74 Å². The van der Waals surface area contributed by atoms with E-state index in [-0.39, 0.29) is 4.90 Å². The number of aryl methyl sites for hydroxylation is 1. The van der Waals surface area contributed by atoms with Crippen molar-refractivity contribution in [2.75, 3.05) is 17.5 Å². The van der Waals surface area contributed by atoms with Crippen molar-refractivity contribution in [1.82, 2.24) is 10.4 Å². The van der Waals surface area contributed by atoms with E-state index in [1.54, 1.807) is 66.9 Å². The first-order chi connectivity index (χ1) is 17.9. The minimum Gasteiger partial charge on any atom is -0.490 e. The number of hydrazone groups is 1. The lowest BCUT2D eigenvalue weighted by molar-refractivity contribution is -0.119. The zero-order valence-corrected chi connectivity index (χ0v) is 21.1. The van der Waals surface area contributed by atoms with Crippen molar-refractivity contribution < 1.29 is 17.9 Å². The number of aromatic nitrogens is 1. The number of nitrogens with zero attached hydrogens (tertiary/aromatic N) is 3. The monoisotopic (exact) mass is 514 g/mol. The van der Waals surface area contributed by atoms with Crippen molar-refractivity contribution in [3.63, 3.8) is 0 Å². The smallest absolute Gasteiger partial charge is 0.264 e. The molecule has 0 atom stereocenters. The van der Waals surface area contributed by atoms with E-state index in [1.165, 1.54) is 18.3 Å². The topological polar surface area (TPSA) is 101 Å². The van der Waals surface area contributed by atoms with Gasteiger partial charge in [0.15, 0.2) is 0 Å². The Bertz CT molecular complexity index is 1550. The first-order valence-corrected chi connectivity index (χ1v) is 12.9. The van der Waals surface area contributed by atoms with Crippen LogP contribution in [0.3, 0.4) is 0 Å². The molecule has 0 saturated carbocycles. The van der Waals surface area contributed by atoms with Crippen molar-refractivity contribution in [3.8, 4) is 5.75 Å². The zero-order chi connectivity index (χ0) is 26.3. The predicted octanol–water partition coefficient (Wildman–Crippen LogP) is 4.45. The number of pyridine rings is 1. The van der Waals surface area contributed by atoms with Gasteiger partial charge in [0, 0.05) is 11.6 Å². The molecule has 0 bridgehead atoms. The fraction of sp³-hybridized carbons (Fsp3) is 0.107. The number of carbonyl (C=O) groups excluding carboxylic acids is 1. The van der Waals surface area contributed by atoms with Gasteiger partial charge in [0.2, 0.25) is 0 Å². The molecule has 4 aromatic rings. The van der Waals surface area contributed by atoms with Crippen LogP contribution in [0.2, 0.25) is 0 Å². The van der Waals surface area contributed by atoms with Crippen LogP contribution in [0.5, 0.6) is 5.75 Å². The summed E-state index contributed by atoms with van der Waals surface area (Å²) >= 11 is 0. The SMILES string of the molecule is C=CCOc1cccc(/C=N\NC(=O)CN(c2cccc3cccnc23)S(=O)(=O)c2ccc(C)cc2)c1. The number of ether oxygens (including phenoxy) is 1. The molecule has 1 heterocycles. The molecule has 1 aromatic heterocycles. The summed E-state index contributed by atoms with van der Waals surface area (Å²) in [4.78, 5) is 17.4. The molecule has 0 fully saturated rings. The number of sulfonamides is 1. The first kappa shape index (κ1) is 25.6. The standard InChI is InChI=1S/C28H26N4O4S/c1-3-17-36-24-10-4-7-22(18-24)19-30-31-27(33)20-32(37(34,35)25-14-12-21(2)13-15-25)26-11-5-8-23-9-6-16-29-28(23)26/h3-16,18-19H,1,17,20H2,2H3,(H,31,33)/b30-19-. The van der Waals surface area contributed by atoms with Gasteiger partial charge < -0.3 is 4.74 Å². The molecule has 1 N–H and O–H groups in total. The van der Waals surface area contributed by atoms with Crippen molar-refractivity contribution >= 4 is 38.7 Å². The predicted molar refractivity (Wildman–Crippen MR) is 145 cm³/mol. The van der Waals surface area contributed by atoms with Crippen LogP contribution in [-0.2, 0) is 14.8 Å². The second-order valence-electron chi connectivity index (χ2n) is 8.14. The lowest BCUT2D eigenvalue weighted by atomic mass is 10.2. The molecular weight excluding hydrogens is 488 g/mol. The van der Waals surface area contributed by atoms with Gasteiger partial charge in [-0.3, -0.25) is 14.1 Å². The van der Waals surface area contributed by atoms with Gasteiger partial charge in [-0.05, 0) is 48.9 Å². The highest BCUT2D eigenvalue weighted by Crippen LogP contribution is 2.29. The molecule has 0 aliphatic rings. The number of anilines is 1. The van der Waals surface area contributed by atoms with Crippen LogP contribution < -0.4 is 14.5 Å². The van der Waals surface area contributed by atoms with E-state index in [2.05, 4.69) is 22.1 Å². The van der Waals surface area contributed by atoms with Gasteiger partial charge in [-0.25, -0.2) is 13.8 Å². The van der Waals surface area contributed by atoms with E-state index in [9.17, 15) is 13.2 Å². The van der Waals surface area contributed by atoms with Gasteiger partial charge in [0.25, 0.3) is 15.9 Å². The van der Waals surface area contributed by atoms with Crippen LogP contribution in [0, 0.1) is 6.92 Å². The molecular formula is C28H26N4O4S. The molecule has 9 heteroatoms. The fourth-order valence-corrected chi connectivity index (χ4v) is 5.04. The summed E-state index contributed by atoms with van der Waals surface area (Å²) in [6.07, 6.45) is 4.68. The molecule has 0 aliphatic heterocycles. The van der Waals surface area contributed by atoms with Crippen LogP contribution in [0.25, 0.3) is 10.9 Å². The largest absolute Gasteiger partial charge is 0.490 e. The first-order valence-electron chi connectivity index (χ1n) is 11.5. The molecule has 1 amide bonds. The minimum absolute atomic E-state index is 0.0682. The number of benzene rings is 3. The van der Waals surface area contributed by atoms with E-state index >= 15 is 0 Å². The van der Waals surface area contributed by atoms with Gasteiger partial charge in [0.05, 0.1) is 22.3 Å². The summed E-state index contributed by atoms with van der Waals surface area (Å²) in [5.74, 6) is 0.0212. The fourth-order valence-electron chi connectivity index (χ4n) is 3.61. The second-order valence-corrected chi connectivity index (χ2v) is 10.0. The van der Waals surface area contributed by atoms with Gasteiger partial charge in [0.1, 0.15) is 18.9 Å². The summed E-state index contributed by atoms with van der Waals surface area (Å²) < 4.78 is 34.0. The zero-order valence-electron chi connectivity index (χ0n) is 20.2. The minimum atomic E-state index is -4.09. The van der Waals surface area contributed by atoms with Crippen LogP contribution in [0.15, 0.2) is 108 Å². The molecule has 188 valence electrons. The highest BCUT2D eigenvalue weighted by atomic mass is 32.2. The van der Waals surface area contributed by atoms with Gasteiger partial charge in [-0.15, -0.1) is 0 Å². The number of hydrogen-bond acceptors (Lipinski definition) is 6. The molecule has 0 saturated heterocycles. The summed E-state index contributed by atoms with van der Waals surface area (Å²) in [6.45, 7) is 5.36. The maximum Gasteiger partial charge on any atom is 0.264 e. The highest BCUT2D eigenvalue weighted by molar-refractivity contribution is 7.92. The van der Waals surface area contributed by atoms with Crippen LogP contribution in [-0.4, -0.2) is 38.7 Å². The summed E-state index contributed by atoms with van der Waals surface area (Å²) in [5.41, 5.74) is 4.80. The third-order valence-electron chi connectivity index (χ3n) is 5.41. The van der Waals surface area contributed by atoms with Crippen molar-refractivity contribution in [3.05, 3.63) is 109 Å². The van der Waals surface area contributed by atoms with Gasteiger partial charge in [-0.1, -0.05) is 60.7 Å². The number of para-hydroxylation sites is 1. The molecule has 0 aliphatic carbocycles. The van der Waals surface area contributed by atoms with Crippen LogP contribution >= 0.6 is 0 Å². The third-order valence-corrected chi connectivity index (χ3v) is 7.18. The maximum atomic E-state index is 13.7. The Hall–Kier alpha value is -4.50. The van der Waals surface area contributed by atoms with E-state index in [0.717, 1.165) is 15.3 Å². The molecule has 3 aromatic carbocycles. The Morgan fingerprint density at radius 2 is 1.84 bits per heavy atom. The quantitative estimate of drug-likeness (QED) is 0.191. The Kier molecular flexibility index (Phi) is 7.95. The summed E-state index contributed by atoms with van der Waals surface area (Å²) in [6, 6.07) is 22.4. The molecule has 37 heavy (non-hydrogen) atoms. The Morgan fingerprint density at radius 1 is 1.08 bits per heavy atom. The Labute approximate surface area is 216 Å². The summed E-state index contributed by atoms with van der Waals surface area (Å²) in [5, 5.41) is 4.75. The maximum absolute atomic E-state index is 13.7. The van der Waals surface area contributed by atoms with Crippen molar-refractivity contribution in [2.24, 2.45) is 5.10 Å². The third kappa shape index (κ3) is 6.20. The highest BCUT2D eigenvalue weighted by Gasteiger charge is 2.28. The van der Waals surface area contributed by atoms with Crippen molar-refractivity contribution in [2.45, 2.75) is 11.8 Å². The lowest BCUT2D eigenvalue weighted by Crippen LogP contribution is -2.39. The number of carbonyl (C=O) groups is 1.